The number of aromatic nitrogens is 2. The zero-order valence-corrected chi connectivity index (χ0v) is 5.89. The molecule has 0 saturated heterocycles. The molecule has 0 unspecified atom stereocenters. The van der Waals surface area contributed by atoms with Crippen molar-refractivity contribution in [2.24, 2.45) is 0 Å². The maximum absolute atomic E-state index is 5.55. The summed E-state index contributed by atoms with van der Waals surface area (Å²) < 4.78 is 0. The van der Waals surface area contributed by atoms with E-state index in [4.69, 9.17) is 11.6 Å². The molecule has 48 valence electrons. The molecular weight excluding hydrogens is 136 g/mol. The monoisotopic (exact) mass is 142 g/mol. The van der Waals surface area contributed by atoms with Crippen LogP contribution in [0.2, 0.25) is 5.15 Å². The standard InChI is InChI=1S/C6H7ClN2/c1-2-5-3-8-4-6(7)9-5/h3-4H,2H2,1H3. The van der Waals surface area contributed by atoms with Gasteiger partial charge >= 0.3 is 0 Å². The lowest BCUT2D eigenvalue weighted by molar-refractivity contribution is 1.00. The maximum Gasteiger partial charge on any atom is 0.147 e. The summed E-state index contributed by atoms with van der Waals surface area (Å²) >= 11 is 5.55. The van der Waals surface area contributed by atoms with Crippen molar-refractivity contribution in [2.45, 2.75) is 13.3 Å². The molecule has 2 nitrogen and oxygen atoms in total. The Labute approximate surface area is 58.9 Å². The summed E-state index contributed by atoms with van der Waals surface area (Å²) in [5, 5.41) is 0.467. The maximum atomic E-state index is 5.55. The fourth-order valence-corrected chi connectivity index (χ4v) is 0.715. The Hall–Kier alpha value is -0.630. The molecule has 0 aliphatic heterocycles. The quantitative estimate of drug-likeness (QED) is 0.597. The first-order valence-electron chi connectivity index (χ1n) is 2.79. The van der Waals surface area contributed by atoms with E-state index in [1.54, 1.807) is 6.20 Å². The fraction of sp³-hybridized carbons (Fsp3) is 0.333. The molecule has 0 fully saturated rings. The molecule has 1 aromatic heterocycles. The van der Waals surface area contributed by atoms with Crippen molar-refractivity contribution in [3.8, 4) is 0 Å². The van der Waals surface area contributed by atoms with Crippen LogP contribution in [-0.2, 0) is 6.42 Å². The fourth-order valence-electron chi connectivity index (χ4n) is 0.550. The molecule has 0 radical (unpaired) electrons. The van der Waals surface area contributed by atoms with Gasteiger partial charge in [-0.15, -0.1) is 0 Å². The van der Waals surface area contributed by atoms with Crippen LogP contribution in [0.15, 0.2) is 12.4 Å². The average molecular weight is 143 g/mol. The predicted molar refractivity (Wildman–Crippen MR) is 36.4 cm³/mol. The first-order chi connectivity index (χ1) is 4.33. The summed E-state index contributed by atoms with van der Waals surface area (Å²) in [6.45, 7) is 2.01. The topological polar surface area (TPSA) is 25.8 Å². The highest BCUT2D eigenvalue weighted by atomic mass is 35.5. The molecule has 1 rings (SSSR count). The largest absolute Gasteiger partial charge is 0.260 e. The van der Waals surface area contributed by atoms with Gasteiger partial charge in [0.25, 0.3) is 0 Å². The Morgan fingerprint density at radius 2 is 2.33 bits per heavy atom. The number of hydrogen-bond donors (Lipinski definition) is 0. The van der Waals surface area contributed by atoms with E-state index in [0.29, 0.717) is 5.15 Å². The minimum atomic E-state index is 0.467. The van der Waals surface area contributed by atoms with Crippen LogP contribution in [-0.4, -0.2) is 9.97 Å². The highest BCUT2D eigenvalue weighted by molar-refractivity contribution is 6.29. The SMILES string of the molecule is CCc1cncc(Cl)n1. The van der Waals surface area contributed by atoms with E-state index < -0.39 is 0 Å². The molecule has 3 heteroatoms. The molecule has 0 aliphatic rings. The van der Waals surface area contributed by atoms with Gasteiger partial charge in [0.05, 0.1) is 11.9 Å². The molecule has 0 bridgehead atoms. The number of aryl methyl sites for hydroxylation is 1. The van der Waals surface area contributed by atoms with Gasteiger partial charge in [-0.05, 0) is 6.42 Å². The van der Waals surface area contributed by atoms with Crippen LogP contribution in [0.3, 0.4) is 0 Å². The molecule has 0 atom stereocenters. The summed E-state index contributed by atoms with van der Waals surface area (Å²) in [7, 11) is 0. The number of halogens is 1. The second-order valence-electron chi connectivity index (χ2n) is 1.69. The molecule has 0 spiro atoms. The van der Waals surface area contributed by atoms with Gasteiger partial charge in [-0.2, -0.15) is 0 Å². The summed E-state index contributed by atoms with van der Waals surface area (Å²) in [4.78, 5) is 7.86. The minimum Gasteiger partial charge on any atom is -0.260 e. The highest BCUT2D eigenvalue weighted by Gasteiger charge is 1.90. The molecule has 0 saturated carbocycles. The van der Waals surface area contributed by atoms with Crippen LogP contribution in [0, 0.1) is 0 Å². The smallest absolute Gasteiger partial charge is 0.147 e. The molecule has 0 amide bonds. The van der Waals surface area contributed by atoms with Gasteiger partial charge in [0, 0.05) is 6.20 Å². The van der Waals surface area contributed by atoms with Gasteiger partial charge in [-0.3, -0.25) is 4.98 Å². The normalized spacial score (nSPS) is 9.56. The molecular formula is C6H7ClN2. The van der Waals surface area contributed by atoms with E-state index in [9.17, 15) is 0 Å². The Balaban J connectivity index is 2.94. The van der Waals surface area contributed by atoms with Crippen molar-refractivity contribution in [3.63, 3.8) is 0 Å². The lowest BCUT2D eigenvalue weighted by Crippen LogP contribution is -1.87. The van der Waals surface area contributed by atoms with Gasteiger partial charge in [0.2, 0.25) is 0 Å². The average Bonchev–Trinajstić information content (AvgIpc) is 1.88. The Morgan fingerprint density at radius 3 is 2.78 bits per heavy atom. The summed E-state index contributed by atoms with van der Waals surface area (Å²) in [6.07, 6.45) is 4.13. The second-order valence-corrected chi connectivity index (χ2v) is 2.07. The number of hydrogen-bond acceptors (Lipinski definition) is 2. The third-order valence-corrected chi connectivity index (χ3v) is 1.20. The van der Waals surface area contributed by atoms with Crippen molar-refractivity contribution < 1.29 is 0 Å². The first-order valence-corrected chi connectivity index (χ1v) is 3.17. The number of rotatable bonds is 1. The molecule has 0 aliphatic carbocycles. The van der Waals surface area contributed by atoms with E-state index in [0.717, 1.165) is 12.1 Å². The first kappa shape index (κ1) is 6.49. The zero-order valence-electron chi connectivity index (χ0n) is 5.13. The third kappa shape index (κ3) is 1.64. The summed E-state index contributed by atoms with van der Waals surface area (Å²) in [5.41, 5.74) is 0.933. The molecule has 1 heterocycles. The van der Waals surface area contributed by atoms with Crippen molar-refractivity contribution in [1.29, 1.82) is 0 Å². The van der Waals surface area contributed by atoms with Crippen molar-refractivity contribution in [2.75, 3.05) is 0 Å². The van der Waals surface area contributed by atoms with E-state index >= 15 is 0 Å². The Kier molecular flexibility index (Phi) is 2.01. The Morgan fingerprint density at radius 1 is 1.56 bits per heavy atom. The summed E-state index contributed by atoms with van der Waals surface area (Å²) in [6, 6.07) is 0. The van der Waals surface area contributed by atoms with Gasteiger partial charge in [0.15, 0.2) is 0 Å². The van der Waals surface area contributed by atoms with Crippen LogP contribution >= 0.6 is 11.6 Å². The van der Waals surface area contributed by atoms with Crippen LogP contribution < -0.4 is 0 Å². The van der Waals surface area contributed by atoms with Gasteiger partial charge < -0.3 is 0 Å². The van der Waals surface area contributed by atoms with Gasteiger partial charge in [0.1, 0.15) is 5.15 Å². The van der Waals surface area contributed by atoms with Crippen molar-refractivity contribution in [3.05, 3.63) is 23.2 Å². The molecule has 1 aromatic rings. The molecule has 0 N–H and O–H groups in total. The molecule has 0 aromatic carbocycles. The second kappa shape index (κ2) is 2.78. The Bertz CT molecular complexity index is 200. The lowest BCUT2D eigenvalue weighted by Gasteiger charge is -1.92. The molecule has 9 heavy (non-hydrogen) atoms. The zero-order chi connectivity index (χ0) is 6.69. The highest BCUT2D eigenvalue weighted by Crippen LogP contribution is 2.01. The van der Waals surface area contributed by atoms with Crippen molar-refractivity contribution in [1.82, 2.24) is 9.97 Å². The van der Waals surface area contributed by atoms with E-state index in [1.165, 1.54) is 6.20 Å². The minimum absolute atomic E-state index is 0.467. The van der Waals surface area contributed by atoms with Crippen LogP contribution in [0.4, 0.5) is 0 Å². The van der Waals surface area contributed by atoms with Crippen LogP contribution in [0.1, 0.15) is 12.6 Å². The van der Waals surface area contributed by atoms with Crippen LogP contribution in [0.5, 0.6) is 0 Å². The van der Waals surface area contributed by atoms with Gasteiger partial charge in [-0.25, -0.2) is 4.98 Å². The lowest BCUT2D eigenvalue weighted by atomic mass is 10.4. The van der Waals surface area contributed by atoms with Crippen molar-refractivity contribution >= 4 is 11.6 Å². The summed E-state index contributed by atoms with van der Waals surface area (Å²) in [5.74, 6) is 0. The third-order valence-electron chi connectivity index (χ3n) is 1.02. The predicted octanol–water partition coefficient (Wildman–Crippen LogP) is 1.69. The van der Waals surface area contributed by atoms with E-state index in [2.05, 4.69) is 9.97 Å². The number of nitrogens with zero attached hydrogens (tertiary/aromatic N) is 2. The van der Waals surface area contributed by atoms with Gasteiger partial charge in [-0.1, -0.05) is 18.5 Å². The van der Waals surface area contributed by atoms with Crippen LogP contribution in [0.25, 0.3) is 0 Å². The van der Waals surface area contributed by atoms with E-state index in [-0.39, 0.29) is 0 Å². The van der Waals surface area contributed by atoms with E-state index in [1.807, 2.05) is 6.92 Å².